The van der Waals surface area contributed by atoms with Crippen molar-refractivity contribution in [2.75, 3.05) is 26.7 Å². The minimum Gasteiger partial charge on any atom is -0.306 e. The fourth-order valence-electron chi connectivity index (χ4n) is 1.92. The fraction of sp³-hybridized carbons (Fsp3) is 1.00. The Morgan fingerprint density at radius 2 is 1.80 bits per heavy atom. The number of nitrogens with one attached hydrogen (secondary N) is 1. The average molecular weight is 224 g/mol. The predicted molar refractivity (Wildman–Crippen MR) is 53.8 cm³/mol. The standard InChI is InChI=1S/C10H19F3N2/c1-3-6-14-9(10(11,12)13)4-7-15(2)8-5-9/h14H,3-8H2,1-2H3. The van der Waals surface area contributed by atoms with Gasteiger partial charge in [0.05, 0.1) is 0 Å². The number of piperidine rings is 1. The maximum atomic E-state index is 13.0. The van der Waals surface area contributed by atoms with E-state index in [9.17, 15) is 13.2 Å². The van der Waals surface area contributed by atoms with Gasteiger partial charge in [0.1, 0.15) is 5.54 Å². The summed E-state index contributed by atoms with van der Waals surface area (Å²) in [4.78, 5) is 1.94. The van der Waals surface area contributed by atoms with E-state index in [0.717, 1.165) is 6.42 Å². The fourth-order valence-corrected chi connectivity index (χ4v) is 1.92. The van der Waals surface area contributed by atoms with Crippen molar-refractivity contribution in [3.05, 3.63) is 0 Å². The van der Waals surface area contributed by atoms with Crippen LogP contribution in [0.15, 0.2) is 0 Å². The first-order valence-electron chi connectivity index (χ1n) is 5.41. The third-order valence-corrected chi connectivity index (χ3v) is 3.10. The second-order valence-electron chi connectivity index (χ2n) is 4.31. The number of hydrogen-bond acceptors (Lipinski definition) is 2. The maximum absolute atomic E-state index is 13.0. The van der Waals surface area contributed by atoms with Gasteiger partial charge in [0.15, 0.2) is 0 Å². The number of hydrogen-bond donors (Lipinski definition) is 1. The highest BCUT2D eigenvalue weighted by atomic mass is 19.4. The first kappa shape index (κ1) is 12.8. The smallest absolute Gasteiger partial charge is 0.306 e. The molecule has 0 spiro atoms. The summed E-state index contributed by atoms with van der Waals surface area (Å²) in [5, 5.41) is 2.69. The minimum atomic E-state index is -4.14. The van der Waals surface area contributed by atoms with Crippen LogP contribution in [0.1, 0.15) is 26.2 Å². The molecule has 0 atom stereocenters. The molecule has 15 heavy (non-hydrogen) atoms. The number of nitrogens with zero attached hydrogens (tertiary/aromatic N) is 1. The zero-order valence-electron chi connectivity index (χ0n) is 9.32. The Balaban J connectivity index is 2.69. The molecule has 0 bridgehead atoms. The van der Waals surface area contributed by atoms with E-state index in [1.165, 1.54) is 0 Å². The third kappa shape index (κ3) is 2.84. The third-order valence-electron chi connectivity index (χ3n) is 3.10. The Kier molecular flexibility index (Phi) is 4.00. The molecule has 0 unspecified atom stereocenters. The Morgan fingerprint density at radius 1 is 1.27 bits per heavy atom. The molecule has 0 amide bonds. The van der Waals surface area contributed by atoms with Gasteiger partial charge < -0.3 is 10.2 Å². The zero-order valence-corrected chi connectivity index (χ0v) is 9.32. The van der Waals surface area contributed by atoms with Crippen LogP contribution >= 0.6 is 0 Å². The quantitative estimate of drug-likeness (QED) is 0.789. The summed E-state index contributed by atoms with van der Waals surface area (Å²) in [6, 6.07) is 0. The predicted octanol–water partition coefficient (Wildman–Crippen LogP) is 2.01. The molecule has 0 aromatic rings. The Labute approximate surface area is 88.8 Å². The molecule has 1 aliphatic heterocycles. The molecule has 1 rings (SSSR count). The molecular weight excluding hydrogens is 205 g/mol. The minimum absolute atomic E-state index is 0.160. The molecular formula is C10H19F3N2. The average Bonchev–Trinajstić information content (AvgIpc) is 2.16. The Hall–Kier alpha value is -0.290. The van der Waals surface area contributed by atoms with Crippen molar-refractivity contribution in [3.63, 3.8) is 0 Å². The van der Waals surface area contributed by atoms with E-state index >= 15 is 0 Å². The molecule has 0 saturated carbocycles. The SMILES string of the molecule is CCCNC1(C(F)(F)F)CCN(C)CC1. The monoisotopic (exact) mass is 224 g/mol. The van der Waals surface area contributed by atoms with E-state index in [-0.39, 0.29) is 12.8 Å². The van der Waals surface area contributed by atoms with Crippen LogP contribution in [-0.2, 0) is 0 Å². The Morgan fingerprint density at radius 3 is 2.20 bits per heavy atom. The van der Waals surface area contributed by atoms with Crippen LogP contribution in [0.5, 0.6) is 0 Å². The van der Waals surface area contributed by atoms with Crippen LogP contribution in [-0.4, -0.2) is 43.3 Å². The first-order valence-corrected chi connectivity index (χ1v) is 5.41. The van der Waals surface area contributed by atoms with E-state index < -0.39 is 11.7 Å². The molecule has 1 heterocycles. The summed E-state index contributed by atoms with van der Waals surface area (Å²) in [7, 11) is 1.86. The van der Waals surface area contributed by atoms with Gasteiger partial charge in [-0.25, -0.2) is 0 Å². The lowest BCUT2D eigenvalue weighted by Crippen LogP contribution is -2.61. The van der Waals surface area contributed by atoms with Crippen molar-refractivity contribution in [1.29, 1.82) is 0 Å². The molecule has 0 aromatic carbocycles. The van der Waals surface area contributed by atoms with E-state index in [1.54, 1.807) is 0 Å². The largest absolute Gasteiger partial charge is 0.406 e. The molecule has 0 radical (unpaired) electrons. The summed E-state index contributed by atoms with van der Waals surface area (Å²) < 4.78 is 38.9. The second-order valence-corrected chi connectivity index (χ2v) is 4.31. The summed E-state index contributed by atoms with van der Waals surface area (Å²) >= 11 is 0. The lowest BCUT2D eigenvalue weighted by molar-refractivity contribution is -0.208. The topological polar surface area (TPSA) is 15.3 Å². The first-order chi connectivity index (χ1) is 6.91. The van der Waals surface area contributed by atoms with Crippen LogP contribution in [0, 0.1) is 0 Å². The van der Waals surface area contributed by atoms with Crippen LogP contribution < -0.4 is 5.32 Å². The van der Waals surface area contributed by atoms with Gasteiger partial charge in [-0.1, -0.05) is 6.92 Å². The van der Waals surface area contributed by atoms with Crippen LogP contribution in [0.4, 0.5) is 13.2 Å². The summed E-state index contributed by atoms with van der Waals surface area (Å²) in [5.74, 6) is 0. The molecule has 90 valence electrons. The normalized spacial score (nSPS) is 23.0. The van der Waals surface area contributed by atoms with Gasteiger partial charge in [-0.15, -0.1) is 0 Å². The van der Waals surface area contributed by atoms with Crippen LogP contribution in [0.3, 0.4) is 0 Å². The molecule has 1 N–H and O–H groups in total. The van der Waals surface area contributed by atoms with Crippen LogP contribution in [0.25, 0.3) is 0 Å². The lowest BCUT2D eigenvalue weighted by Gasteiger charge is -2.42. The number of rotatable bonds is 3. The second kappa shape index (κ2) is 4.70. The van der Waals surface area contributed by atoms with E-state index in [2.05, 4.69) is 5.32 Å². The van der Waals surface area contributed by atoms with Crippen molar-refractivity contribution >= 4 is 0 Å². The molecule has 5 heteroatoms. The van der Waals surface area contributed by atoms with Gasteiger partial charge in [0.2, 0.25) is 0 Å². The molecule has 1 saturated heterocycles. The summed E-state index contributed by atoms with van der Waals surface area (Å²) in [5.41, 5.74) is -1.64. The van der Waals surface area contributed by atoms with E-state index in [1.807, 2.05) is 18.9 Å². The van der Waals surface area contributed by atoms with E-state index in [0.29, 0.717) is 19.6 Å². The highest BCUT2D eigenvalue weighted by Crippen LogP contribution is 2.38. The van der Waals surface area contributed by atoms with Gasteiger partial charge in [-0.3, -0.25) is 0 Å². The van der Waals surface area contributed by atoms with Crippen LogP contribution in [0.2, 0.25) is 0 Å². The van der Waals surface area contributed by atoms with Crippen molar-refractivity contribution in [1.82, 2.24) is 10.2 Å². The molecule has 1 aliphatic rings. The number of likely N-dealkylation sites (tertiary alicyclic amines) is 1. The molecule has 0 aromatic heterocycles. The molecule has 0 aliphatic carbocycles. The van der Waals surface area contributed by atoms with Crippen molar-refractivity contribution in [3.8, 4) is 0 Å². The molecule has 1 fully saturated rings. The summed E-state index contributed by atoms with van der Waals surface area (Å²) in [6.45, 7) is 3.34. The van der Waals surface area contributed by atoms with Gasteiger partial charge in [0.25, 0.3) is 0 Å². The molecule has 2 nitrogen and oxygen atoms in total. The lowest BCUT2D eigenvalue weighted by atomic mass is 9.86. The van der Waals surface area contributed by atoms with Gasteiger partial charge in [-0.05, 0) is 45.9 Å². The van der Waals surface area contributed by atoms with Gasteiger partial charge >= 0.3 is 6.18 Å². The number of alkyl halides is 3. The highest BCUT2D eigenvalue weighted by molar-refractivity contribution is 4.98. The van der Waals surface area contributed by atoms with Gasteiger partial charge in [-0.2, -0.15) is 13.2 Å². The highest BCUT2D eigenvalue weighted by Gasteiger charge is 2.54. The zero-order chi connectivity index (χ0) is 11.5. The van der Waals surface area contributed by atoms with Crippen molar-refractivity contribution < 1.29 is 13.2 Å². The number of halogens is 3. The van der Waals surface area contributed by atoms with E-state index in [4.69, 9.17) is 0 Å². The van der Waals surface area contributed by atoms with Crippen molar-refractivity contribution in [2.45, 2.75) is 37.9 Å². The Bertz CT molecular complexity index is 190. The van der Waals surface area contributed by atoms with Crippen molar-refractivity contribution in [2.24, 2.45) is 0 Å². The maximum Gasteiger partial charge on any atom is 0.406 e. The summed E-state index contributed by atoms with van der Waals surface area (Å²) in [6.07, 6.45) is -3.09. The van der Waals surface area contributed by atoms with Gasteiger partial charge in [0, 0.05) is 0 Å².